The van der Waals surface area contributed by atoms with Gasteiger partial charge in [0.25, 0.3) is 0 Å². The molecule has 0 saturated carbocycles. The van der Waals surface area contributed by atoms with Crippen LogP contribution in [-0.2, 0) is 0 Å². The van der Waals surface area contributed by atoms with Gasteiger partial charge in [-0.2, -0.15) is 0 Å². The van der Waals surface area contributed by atoms with Crippen LogP contribution in [0.1, 0.15) is 18.7 Å². The predicted octanol–water partition coefficient (Wildman–Crippen LogP) is 2.57. The lowest BCUT2D eigenvalue weighted by Crippen LogP contribution is -1.66. The fourth-order valence-corrected chi connectivity index (χ4v) is 1.18. The molecular weight excluding hydrogens is 130 g/mol. The van der Waals surface area contributed by atoms with Gasteiger partial charge in [0.05, 0.1) is 4.88 Å². The molecule has 0 aromatic carbocycles. The zero-order chi connectivity index (χ0) is 6.69. The fraction of sp³-hybridized carbons (Fsp3) is 0.286. The van der Waals surface area contributed by atoms with Crippen molar-refractivity contribution in [3.8, 4) is 0 Å². The zero-order valence-corrected chi connectivity index (χ0v) is 6.40. The SMILES string of the molecule is C/C=C(\C)c1ccns1. The van der Waals surface area contributed by atoms with Gasteiger partial charge in [-0.25, -0.2) is 4.37 Å². The molecule has 1 nitrogen and oxygen atoms in total. The van der Waals surface area contributed by atoms with Crippen LogP contribution >= 0.6 is 11.5 Å². The molecule has 0 aliphatic carbocycles. The highest BCUT2D eigenvalue weighted by molar-refractivity contribution is 7.06. The Hall–Kier alpha value is -0.630. The summed E-state index contributed by atoms with van der Waals surface area (Å²) in [5.74, 6) is 0. The highest BCUT2D eigenvalue weighted by atomic mass is 32.1. The van der Waals surface area contributed by atoms with Crippen LogP contribution in [0, 0.1) is 0 Å². The molecule has 0 bridgehead atoms. The largest absolute Gasteiger partial charge is 0.201 e. The third-order valence-corrected chi connectivity index (χ3v) is 2.14. The number of nitrogens with zero attached hydrogens (tertiary/aromatic N) is 1. The molecule has 0 amide bonds. The number of aromatic nitrogens is 1. The van der Waals surface area contributed by atoms with Gasteiger partial charge in [0, 0.05) is 6.20 Å². The van der Waals surface area contributed by atoms with Gasteiger partial charge in [0.2, 0.25) is 0 Å². The predicted molar refractivity (Wildman–Crippen MR) is 41.4 cm³/mol. The van der Waals surface area contributed by atoms with Crippen molar-refractivity contribution in [2.45, 2.75) is 13.8 Å². The lowest BCUT2D eigenvalue weighted by Gasteiger charge is -1.88. The van der Waals surface area contributed by atoms with Crippen molar-refractivity contribution >= 4 is 17.1 Å². The Morgan fingerprint density at radius 2 is 2.56 bits per heavy atom. The summed E-state index contributed by atoms with van der Waals surface area (Å²) in [4.78, 5) is 1.26. The summed E-state index contributed by atoms with van der Waals surface area (Å²) in [6, 6.07) is 2.03. The van der Waals surface area contributed by atoms with E-state index in [1.165, 1.54) is 22.0 Å². The summed E-state index contributed by atoms with van der Waals surface area (Å²) in [5, 5.41) is 0. The van der Waals surface area contributed by atoms with Crippen LogP contribution in [0.5, 0.6) is 0 Å². The first-order chi connectivity index (χ1) is 4.34. The first-order valence-corrected chi connectivity index (χ1v) is 3.66. The van der Waals surface area contributed by atoms with E-state index in [0.717, 1.165) is 0 Å². The number of hydrogen-bond donors (Lipinski definition) is 0. The van der Waals surface area contributed by atoms with Crippen molar-refractivity contribution in [2.24, 2.45) is 0 Å². The van der Waals surface area contributed by atoms with Crippen molar-refractivity contribution in [3.05, 3.63) is 23.2 Å². The van der Waals surface area contributed by atoms with Crippen molar-refractivity contribution in [1.82, 2.24) is 4.37 Å². The molecule has 1 rings (SSSR count). The van der Waals surface area contributed by atoms with E-state index in [1.54, 1.807) is 0 Å². The molecule has 0 saturated heterocycles. The van der Waals surface area contributed by atoms with Gasteiger partial charge in [-0.3, -0.25) is 0 Å². The van der Waals surface area contributed by atoms with E-state index in [-0.39, 0.29) is 0 Å². The molecule has 0 aliphatic rings. The smallest absolute Gasteiger partial charge is 0.0503 e. The summed E-state index contributed by atoms with van der Waals surface area (Å²) < 4.78 is 3.99. The third-order valence-electron chi connectivity index (χ3n) is 1.26. The molecule has 1 aromatic rings. The molecule has 0 spiro atoms. The Bertz CT molecular complexity index is 199. The highest BCUT2D eigenvalue weighted by Crippen LogP contribution is 2.15. The molecule has 0 radical (unpaired) electrons. The van der Waals surface area contributed by atoms with Gasteiger partial charge >= 0.3 is 0 Å². The average molecular weight is 139 g/mol. The molecular formula is C7H9NS. The quantitative estimate of drug-likeness (QED) is 0.582. The minimum Gasteiger partial charge on any atom is -0.201 e. The first-order valence-electron chi connectivity index (χ1n) is 2.88. The fourth-order valence-electron chi connectivity index (χ4n) is 0.561. The monoisotopic (exact) mass is 139 g/mol. The van der Waals surface area contributed by atoms with Crippen LogP contribution in [0.3, 0.4) is 0 Å². The molecule has 0 unspecified atom stereocenters. The molecule has 0 atom stereocenters. The Labute approximate surface area is 59.2 Å². The van der Waals surface area contributed by atoms with Crippen molar-refractivity contribution in [3.63, 3.8) is 0 Å². The van der Waals surface area contributed by atoms with E-state index in [9.17, 15) is 0 Å². The van der Waals surface area contributed by atoms with E-state index >= 15 is 0 Å². The maximum atomic E-state index is 3.99. The number of hydrogen-bond acceptors (Lipinski definition) is 2. The Morgan fingerprint density at radius 1 is 1.78 bits per heavy atom. The Balaban J connectivity index is 2.90. The molecule has 0 fully saturated rings. The second-order valence-corrected chi connectivity index (χ2v) is 2.68. The summed E-state index contributed by atoms with van der Waals surface area (Å²) in [6.45, 7) is 4.13. The van der Waals surface area contributed by atoms with Crippen molar-refractivity contribution in [2.75, 3.05) is 0 Å². The Morgan fingerprint density at radius 3 is 3.00 bits per heavy atom. The molecule has 48 valence electrons. The zero-order valence-electron chi connectivity index (χ0n) is 5.59. The summed E-state index contributed by atoms with van der Waals surface area (Å²) >= 11 is 1.54. The van der Waals surface area contributed by atoms with Crippen molar-refractivity contribution < 1.29 is 0 Å². The molecule has 1 heterocycles. The molecule has 1 aromatic heterocycles. The molecule has 0 N–H and O–H groups in total. The topological polar surface area (TPSA) is 12.9 Å². The van der Waals surface area contributed by atoms with E-state index in [2.05, 4.69) is 17.4 Å². The van der Waals surface area contributed by atoms with E-state index in [4.69, 9.17) is 0 Å². The van der Waals surface area contributed by atoms with Crippen LogP contribution in [-0.4, -0.2) is 4.37 Å². The Kier molecular flexibility index (Phi) is 2.01. The summed E-state index contributed by atoms with van der Waals surface area (Å²) in [5.41, 5.74) is 1.30. The van der Waals surface area contributed by atoms with E-state index in [1.807, 2.05) is 19.2 Å². The molecule has 0 aliphatic heterocycles. The van der Waals surface area contributed by atoms with Crippen LogP contribution in [0.2, 0.25) is 0 Å². The van der Waals surface area contributed by atoms with Gasteiger partial charge < -0.3 is 0 Å². The first kappa shape index (κ1) is 6.49. The number of rotatable bonds is 1. The molecule has 2 heteroatoms. The second-order valence-electron chi connectivity index (χ2n) is 1.85. The van der Waals surface area contributed by atoms with Crippen LogP contribution in [0.15, 0.2) is 18.3 Å². The van der Waals surface area contributed by atoms with E-state index < -0.39 is 0 Å². The van der Waals surface area contributed by atoms with Crippen molar-refractivity contribution in [1.29, 1.82) is 0 Å². The number of allylic oxidation sites excluding steroid dienone is 2. The van der Waals surface area contributed by atoms with Gasteiger partial charge in [0.15, 0.2) is 0 Å². The summed E-state index contributed by atoms with van der Waals surface area (Å²) in [7, 11) is 0. The highest BCUT2D eigenvalue weighted by Gasteiger charge is 1.92. The molecule has 9 heavy (non-hydrogen) atoms. The third kappa shape index (κ3) is 1.39. The minimum absolute atomic E-state index is 1.26. The van der Waals surface area contributed by atoms with Crippen LogP contribution in [0.25, 0.3) is 5.57 Å². The van der Waals surface area contributed by atoms with Crippen LogP contribution < -0.4 is 0 Å². The van der Waals surface area contributed by atoms with E-state index in [0.29, 0.717) is 0 Å². The average Bonchev–Trinajstić information content (AvgIpc) is 2.37. The van der Waals surface area contributed by atoms with Gasteiger partial charge in [-0.05, 0) is 37.0 Å². The van der Waals surface area contributed by atoms with Gasteiger partial charge in [0.1, 0.15) is 0 Å². The van der Waals surface area contributed by atoms with Crippen LogP contribution in [0.4, 0.5) is 0 Å². The lowest BCUT2D eigenvalue weighted by atomic mass is 10.2. The normalized spacial score (nSPS) is 12.0. The lowest BCUT2D eigenvalue weighted by molar-refractivity contribution is 1.58. The van der Waals surface area contributed by atoms with Gasteiger partial charge in [-0.15, -0.1) is 0 Å². The standard InChI is InChI=1S/C7H9NS/c1-3-6(2)7-4-5-8-9-7/h3-5H,1-2H3/b6-3+. The maximum absolute atomic E-state index is 3.99. The minimum atomic E-state index is 1.26. The summed E-state index contributed by atoms with van der Waals surface area (Å²) in [6.07, 6.45) is 3.92. The maximum Gasteiger partial charge on any atom is 0.0503 e. The van der Waals surface area contributed by atoms with Gasteiger partial charge in [-0.1, -0.05) is 6.08 Å². The second kappa shape index (κ2) is 2.78.